The van der Waals surface area contributed by atoms with E-state index in [0.717, 1.165) is 42.2 Å². The van der Waals surface area contributed by atoms with Gasteiger partial charge in [0.1, 0.15) is 22.6 Å². The van der Waals surface area contributed by atoms with Gasteiger partial charge >= 0.3 is 5.97 Å². The number of methoxy groups -OCH3 is 1. The normalized spacial score (nSPS) is 13.7. The number of esters is 1. The third-order valence-corrected chi connectivity index (χ3v) is 7.77. The molecule has 11 nitrogen and oxygen atoms in total. The second kappa shape index (κ2) is 12.0. The molecule has 3 aromatic heterocycles. The largest absolute Gasteiger partial charge is 0.464 e. The summed E-state index contributed by atoms with van der Waals surface area (Å²) < 4.78 is 5.94. The summed E-state index contributed by atoms with van der Waals surface area (Å²) in [6.07, 6.45) is 1.42. The van der Waals surface area contributed by atoms with E-state index in [1.165, 1.54) is 19.4 Å². The maximum atomic E-state index is 13.7. The minimum Gasteiger partial charge on any atom is -0.464 e. The third kappa shape index (κ3) is 5.74. The number of nitrogens with zero attached hydrogens (tertiary/aromatic N) is 7. The molecule has 1 saturated heterocycles. The molecule has 0 saturated carbocycles. The molecule has 0 aliphatic carbocycles. The Morgan fingerprint density at radius 1 is 0.930 bits per heavy atom. The zero-order valence-corrected chi connectivity index (χ0v) is 24.8. The summed E-state index contributed by atoms with van der Waals surface area (Å²) in [7, 11) is 3.40. The Labute approximate surface area is 256 Å². The van der Waals surface area contributed by atoms with Crippen molar-refractivity contribution in [3.8, 4) is 17.1 Å². The fourth-order valence-electron chi connectivity index (χ4n) is 4.84. The number of halogens is 2. The van der Waals surface area contributed by atoms with Crippen molar-refractivity contribution in [2.24, 2.45) is 0 Å². The fraction of sp³-hybridized carbons (Fsp3) is 0.200. The molecule has 13 heteroatoms. The first-order chi connectivity index (χ1) is 20.8. The summed E-state index contributed by atoms with van der Waals surface area (Å²) in [6.45, 7) is 3.97. The maximum absolute atomic E-state index is 13.7. The van der Waals surface area contributed by atoms with Crippen LogP contribution in [0.3, 0.4) is 0 Å². The van der Waals surface area contributed by atoms with Crippen molar-refractivity contribution < 1.29 is 9.53 Å². The predicted molar refractivity (Wildman–Crippen MR) is 167 cm³/mol. The van der Waals surface area contributed by atoms with E-state index in [1.54, 1.807) is 30.3 Å². The molecule has 0 unspecified atom stereocenters. The number of ether oxygens (including phenoxy) is 1. The Kier molecular flexibility index (Phi) is 7.94. The summed E-state index contributed by atoms with van der Waals surface area (Å²) in [6, 6.07) is 17.7. The minimum atomic E-state index is -0.620. The van der Waals surface area contributed by atoms with E-state index >= 15 is 0 Å². The topological polar surface area (TPSA) is 118 Å². The number of para-hydroxylation sites is 1. The molecule has 6 rings (SSSR count). The number of aromatic nitrogens is 5. The molecular formula is C30H26Cl2N8O3. The van der Waals surface area contributed by atoms with Gasteiger partial charge in [0.25, 0.3) is 5.56 Å². The van der Waals surface area contributed by atoms with Crippen LogP contribution in [0.5, 0.6) is 0 Å². The smallest absolute Gasteiger partial charge is 0.356 e. The lowest BCUT2D eigenvalue weighted by Gasteiger charge is -2.34. The highest BCUT2D eigenvalue weighted by atomic mass is 35.5. The first-order valence-electron chi connectivity index (χ1n) is 13.4. The van der Waals surface area contributed by atoms with Gasteiger partial charge < -0.3 is 19.9 Å². The highest BCUT2D eigenvalue weighted by Crippen LogP contribution is 2.30. The number of hydrogen-bond donors (Lipinski definition) is 1. The molecule has 43 heavy (non-hydrogen) atoms. The van der Waals surface area contributed by atoms with Gasteiger partial charge in [0.2, 0.25) is 5.95 Å². The van der Waals surface area contributed by atoms with Crippen molar-refractivity contribution in [2.75, 3.05) is 50.6 Å². The van der Waals surface area contributed by atoms with Crippen LogP contribution in [-0.4, -0.2) is 75.9 Å². The molecule has 1 aliphatic rings. The number of fused-ring (bicyclic) bond motifs is 1. The van der Waals surface area contributed by atoms with E-state index in [2.05, 4.69) is 54.3 Å². The molecule has 4 heterocycles. The van der Waals surface area contributed by atoms with E-state index < -0.39 is 11.5 Å². The van der Waals surface area contributed by atoms with Crippen molar-refractivity contribution in [1.29, 1.82) is 0 Å². The van der Waals surface area contributed by atoms with Gasteiger partial charge in [-0.2, -0.15) is 9.78 Å². The van der Waals surface area contributed by atoms with Gasteiger partial charge in [0.05, 0.1) is 28.2 Å². The van der Waals surface area contributed by atoms with Crippen LogP contribution in [-0.2, 0) is 4.74 Å². The standard InChI is InChI=1S/C30H26Cl2N8O3/c1-38-13-15-39(16-14-38)19-11-9-18(10-12-19)34-30-33-17-20-25(36-30)26(23-7-4-8-24(35-23)29(42)43-2)37-40(28(20)41)27-21(31)5-3-6-22(27)32/h3-12,17H,13-16H2,1-2H3,(H,33,34,36). The van der Waals surface area contributed by atoms with Gasteiger partial charge in [-0.05, 0) is 55.6 Å². The van der Waals surface area contributed by atoms with Gasteiger partial charge in [-0.1, -0.05) is 35.3 Å². The number of pyridine rings is 1. The second-order valence-corrected chi connectivity index (χ2v) is 10.8. The Bertz CT molecular complexity index is 1870. The van der Waals surface area contributed by atoms with E-state index in [1.807, 2.05) is 12.1 Å². The molecule has 1 aliphatic heterocycles. The molecule has 0 bridgehead atoms. The summed E-state index contributed by atoms with van der Waals surface area (Å²) >= 11 is 12.9. The van der Waals surface area contributed by atoms with Crippen LogP contribution >= 0.6 is 23.2 Å². The molecule has 5 aromatic rings. The fourth-order valence-corrected chi connectivity index (χ4v) is 5.39. The molecule has 218 valence electrons. The van der Waals surface area contributed by atoms with Gasteiger partial charge in [-0.25, -0.2) is 19.7 Å². The number of carbonyl (C=O) groups is 1. The molecule has 0 amide bonds. The van der Waals surface area contributed by atoms with Crippen LogP contribution in [0.4, 0.5) is 17.3 Å². The number of piperazine rings is 1. The van der Waals surface area contributed by atoms with Crippen molar-refractivity contribution in [1.82, 2.24) is 29.6 Å². The van der Waals surface area contributed by atoms with E-state index in [9.17, 15) is 9.59 Å². The summed E-state index contributed by atoms with van der Waals surface area (Å²) in [5, 5.41) is 8.42. The van der Waals surface area contributed by atoms with Gasteiger partial charge in [-0.15, -0.1) is 0 Å². The summed E-state index contributed by atoms with van der Waals surface area (Å²) in [5.41, 5.74) is 2.38. The van der Waals surface area contributed by atoms with E-state index in [0.29, 0.717) is 0 Å². The Balaban J connectivity index is 1.44. The van der Waals surface area contributed by atoms with Gasteiger partial charge in [0.15, 0.2) is 0 Å². The molecule has 1 N–H and O–H groups in total. The highest BCUT2D eigenvalue weighted by molar-refractivity contribution is 6.37. The molecule has 0 radical (unpaired) electrons. The number of benzene rings is 2. The number of nitrogens with one attached hydrogen (secondary N) is 1. The van der Waals surface area contributed by atoms with Crippen LogP contribution < -0.4 is 15.8 Å². The second-order valence-electron chi connectivity index (χ2n) is 9.95. The molecule has 0 spiro atoms. The highest BCUT2D eigenvalue weighted by Gasteiger charge is 2.21. The molecule has 2 aromatic carbocycles. The number of anilines is 3. The average molecular weight is 617 g/mol. The lowest BCUT2D eigenvalue weighted by molar-refractivity contribution is 0.0594. The SMILES string of the molecule is COC(=O)c1cccc(-c2nn(-c3c(Cl)cccc3Cl)c(=O)c3cnc(Nc4ccc(N5CCN(C)CC5)cc4)nc23)n1. The minimum absolute atomic E-state index is 0.0660. The van der Waals surface area contributed by atoms with Crippen LogP contribution in [0, 0.1) is 0 Å². The zero-order chi connectivity index (χ0) is 30.1. The first-order valence-corrected chi connectivity index (χ1v) is 14.2. The van der Waals surface area contributed by atoms with Gasteiger partial charge in [0, 0.05) is 43.8 Å². The number of rotatable bonds is 6. The van der Waals surface area contributed by atoms with Crippen LogP contribution in [0.1, 0.15) is 10.5 Å². The Morgan fingerprint density at radius 3 is 2.33 bits per heavy atom. The summed E-state index contributed by atoms with van der Waals surface area (Å²) in [4.78, 5) is 44.1. The van der Waals surface area contributed by atoms with Gasteiger partial charge in [-0.3, -0.25) is 4.79 Å². The quantitative estimate of drug-likeness (QED) is 0.266. The van der Waals surface area contributed by atoms with Crippen molar-refractivity contribution in [3.63, 3.8) is 0 Å². The lowest BCUT2D eigenvalue weighted by atomic mass is 10.2. The zero-order valence-electron chi connectivity index (χ0n) is 23.3. The predicted octanol–water partition coefficient (Wildman–Crippen LogP) is 4.83. The van der Waals surface area contributed by atoms with Crippen LogP contribution in [0.2, 0.25) is 10.0 Å². The Hall–Kier alpha value is -4.58. The van der Waals surface area contributed by atoms with Crippen LogP contribution in [0.25, 0.3) is 28.0 Å². The summed E-state index contributed by atoms with van der Waals surface area (Å²) in [5.74, 6) is -0.370. The Morgan fingerprint density at radius 2 is 1.63 bits per heavy atom. The van der Waals surface area contributed by atoms with E-state index in [4.69, 9.17) is 27.9 Å². The monoisotopic (exact) mass is 616 g/mol. The average Bonchev–Trinajstić information content (AvgIpc) is 3.02. The van der Waals surface area contributed by atoms with Crippen LogP contribution in [0.15, 0.2) is 71.7 Å². The van der Waals surface area contributed by atoms with E-state index in [-0.39, 0.29) is 49.7 Å². The van der Waals surface area contributed by atoms with Crippen molar-refractivity contribution in [2.45, 2.75) is 0 Å². The lowest BCUT2D eigenvalue weighted by Crippen LogP contribution is -2.44. The number of hydrogen-bond acceptors (Lipinski definition) is 10. The third-order valence-electron chi connectivity index (χ3n) is 7.16. The first kappa shape index (κ1) is 28.5. The number of likely N-dealkylation sites (N-methyl/N-ethyl adjacent to an activating group) is 1. The van der Waals surface area contributed by atoms with Crippen molar-refractivity contribution in [3.05, 3.63) is 93.0 Å². The molecule has 0 atom stereocenters. The maximum Gasteiger partial charge on any atom is 0.356 e. The molecular weight excluding hydrogens is 591 g/mol. The van der Waals surface area contributed by atoms with Crippen molar-refractivity contribution >= 4 is 57.4 Å². The number of carbonyl (C=O) groups excluding carboxylic acids is 1. The molecule has 1 fully saturated rings.